The molecular formula is C55H48N4. The molecule has 4 heteroatoms. The number of hydrogen-bond acceptors (Lipinski definition) is 4. The van der Waals surface area contributed by atoms with Gasteiger partial charge < -0.3 is 19.6 Å². The first-order valence-electron chi connectivity index (χ1n) is 20.6. The van der Waals surface area contributed by atoms with Gasteiger partial charge in [-0.25, -0.2) is 0 Å². The molecule has 0 spiro atoms. The zero-order valence-electron chi connectivity index (χ0n) is 33.4. The number of nitrogens with zero attached hydrogens (tertiary/aromatic N) is 4. The summed E-state index contributed by atoms with van der Waals surface area (Å²) in [4.78, 5) is 9.53. The van der Waals surface area contributed by atoms with Crippen molar-refractivity contribution in [3.8, 4) is 0 Å². The molecule has 0 N–H and O–H groups in total. The van der Waals surface area contributed by atoms with Crippen LogP contribution in [-0.2, 0) is 0 Å². The monoisotopic (exact) mass is 764 g/mol. The van der Waals surface area contributed by atoms with Crippen molar-refractivity contribution in [2.45, 2.75) is 25.8 Å². The fraction of sp³-hybridized carbons (Fsp3) is 0.0909. The third-order valence-corrected chi connectivity index (χ3v) is 11.1. The van der Waals surface area contributed by atoms with E-state index < -0.39 is 0 Å². The van der Waals surface area contributed by atoms with Crippen molar-refractivity contribution in [2.24, 2.45) is 5.92 Å². The molecule has 2 aliphatic carbocycles. The summed E-state index contributed by atoms with van der Waals surface area (Å²) in [5.41, 5.74) is 12.5. The summed E-state index contributed by atoms with van der Waals surface area (Å²) in [7, 11) is 0. The third kappa shape index (κ3) is 8.12. The molecule has 0 bridgehead atoms. The molecule has 0 aromatic heterocycles. The molecular weight excluding hydrogens is 717 g/mol. The highest BCUT2D eigenvalue weighted by atomic mass is 15.2. The van der Waals surface area contributed by atoms with Crippen LogP contribution in [0.15, 0.2) is 248 Å². The number of hydrogen-bond donors (Lipinski definition) is 0. The highest BCUT2D eigenvalue weighted by Crippen LogP contribution is 2.41. The maximum atomic E-state index is 2.50. The summed E-state index contributed by atoms with van der Waals surface area (Å²) < 4.78 is 0. The van der Waals surface area contributed by atoms with E-state index in [2.05, 4.69) is 263 Å². The van der Waals surface area contributed by atoms with Gasteiger partial charge >= 0.3 is 0 Å². The second kappa shape index (κ2) is 17.5. The Hall–Kier alpha value is -7.30. The zero-order valence-corrected chi connectivity index (χ0v) is 33.4. The summed E-state index contributed by atoms with van der Waals surface area (Å²) in [6.45, 7) is 2.34. The lowest BCUT2D eigenvalue weighted by Gasteiger charge is -2.39. The van der Waals surface area contributed by atoms with Crippen molar-refractivity contribution in [1.82, 2.24) is 0 Å². The average Bonchev–Trinajstić information content (AvgIpc) is 3.31. The largest absolute Gasteiger partial charge is 0.334 e. The van der Waals surface area contributed by atoms with E-state index in [1.807, 2.05) is 0 Å². The minimum atomic E-state index is 0.0532. The molecule has 0 saturated carbocycles. The molecule has 4 nitrogen and oxygen atoms in total. The molecule has 0 radical (unpaired) electrons. The van der Waals surface area contributed by atoms with Gasteiger partial charge in [0.25, 0.3) is 0 Å². The maximum Gasteiger partial charge on any atom is 0.0586 e. The van der Waals surface area contributed by atoms with Crippen LogP contribution in [0, 0.1) is 5.92 Å². The van der Waals surface area contributed by atoms with Crippen LogP contribution in [0.1, 0.15) is 19.8 Å². The molecule has 2 unspecified atom stereocenters. The van der Waals surface area contributed by atoms with E-state index in [-0.39, 0.29) is 12.0 Å². The highest BCUT2D eigenvalue weighted by Gasteiger charge is 2.28. The van der Waals surface area contributed by atoms with Crippen LogP contribution < -0.4 is 19.6 Å². The van der Waals surface area contributed by atoms with Crippen molar-refractivity contribution >= 4 is 51.2 Å². The first-order chi connectivity index (χ1) is 29.2. The molecule has 9 rings (SSSR count). The van der Waals surface area contributed by atoms with Crippen molar-refractivity contribution in [1.29, 1.82) is 0 Å². The fourth-order valence-electron chi connectivity index (χ4n) is 8.28. The molecule has 2 aliphatic rings. The van der Waals surface area contributed by atoms with Crippen molar-refractivity contribution in [3.63, 3.8) is 0 Å². The number of para-hydroxylation sites is 5. The standard InChI is InChI=1S/C55H48N4/c1-43-42-54(58(48-28-16-6-17-29-48)49-30-18-7-19-31-49)40-41-55(43)59(52-36-32-50(33-37-52)56(44-20-8-2-9-21-44)45-22-10-3-11-23-45)53-38-34-51(35-39-53)57(46-24-12-4-13-25-46)47-26-14-5-15-27-47/h2-4,6-14,16-43,55H,5,15H2,1H3. The van der Waals surface area contributed by atoms with Gasteiger partial charge in [-0.3, -0.25) is 0 Å². The minimum absolute atomic E-state index is 0.0532. The molecule has 0 heterocycles. The van der Waals surface area contributed by atoms with Crippen LogP contribution in [0.4, 0.5) is 51.2 Å². The predicted octanol–water partition coefficient (Wildman–Crippen LogP) is 15.0. The van der Waals surface area contributed by atoms with E-state index in [4.69, 9.17) is 0 Å². The molecule has 288 valence electrons. The second-order valence-corrected chi connectivity index (χ2v) is 15.0. The minimum Gasteiger partial charge on any atom is -0.334 e. The Morgan fingerprint density at radius 2 is 0.712 bits per heavy atom. The Balaban J connectivity index is 1.11. The second-order valence-electron chi connectivity index (χ2n) is 15.0. The van der Waals surface area contributed by atoms with E-state index >= 15 is 0 Å². The SMILES string of the molecule is CC1C=C(N(c2ccccc2)c2ccccc2)C=CC1N(c1ccc(N(C2=CCCC=C2)c2ccccc2)cc1)c1ccc(N(c2ccccc2)c2ccccc2)cc1. The average molecular weight is 765 g/mol. The Morgan fingerprint density at radius 3 is 1.10 bits per heavy atom. The lowest BCUT2D eigenvalue weighted by atomic mass is 9.92. The smallest absolute Gasteiger partial charge is 0.0586 e. The summed E-state index contributed by atoms with van der Waals surface area (Å²) in [5.74, 6) is 0.174. The summed E-state index contributed by atoms with van der Waals surface area (Å²) in [6, 6.07) is 71.4. The zero-order chi connectivity index (χ0) is 39.8. The topological polar surface area (TPSA) is 13.0 Å². The Bertz CT molecular complexity index is 2470. The van der Waals surface area contributed by atoms with Crippen LogP contribution >= 0.6 is 0 Å². The molecule has 2 atom stereocenters. The van der Waals surface area contributed by atoms with E-state index in [1.165, 1.54) is 5.70 Å². The van der Waals surface area contributed by atoms with Gasteiger partial charge in [-0.2, -0.15) is 0 Å². The summed E-state index contributed by atoms with van der Waals surface area (Å²) in [6.07, 6.45) is 16.1. The first kappa shape index (κ1) is 37.3. The first-order valence-corrected chi connectivity index (χ1v) is 20.6. The van der Waals surface area contributed by atoms with Crippen LogP contribution in [-0.4, -0.2) is 6.04 Å². The van der Waals surface area contributed by atoms with Crippen molar-refractivity contribution in [3.05, 3.63) is 248 Å². The number of anilines is 9. The normalized spacial score (nSPS) is 15.8. The predicted molar refractivity (Wildman–Crippen MR) is 250 cm³/mol. The Morgan fingerprint density at radius 1 is 0.356 bits per heavy atom. The third-order valence-electron chi connectivity index (χ3n) is 11.1. The van der Waals surface area contributed by atoms with Gasteiger partial charge in [-0.1, -0.05) is 122 Å². The lowest BCUT2D eigenvalue weighted by Crippen LogP contribution is -2.36. The van der Waals surface area contributed by atoms with Crippen LogP contribution in [0.2, 0.25) is 0 Å². The van der Waals surface area contributed by atoms with Crippen LogP contribution in [0.3, 0.4) is 0 Å². The van der Waals surface area contributed by atoms with Gasteiger partial charge in [0, 0.05) is 68.5 Å². The number of allylic oxidation sites excluding steroid dienone is 4. The summed E-state index contributed by atoms with van der Waals surface area (Å²) >= 11 is 0. The van der Waals surface area contributed by atoms with Gasteiger partial charge in [0.15, 0.2) is 0 Å². The molecule has 0 fully saturated rings. The van der Waals surface area contributed by atoms with E-state index in [0.29, 0.717) is 0 Å². The maximum absolute atomic E-state index is 2.50. The van der Waals surface area contributed by atoms with E-state index in [1.54, 1.807) is 0 Å². The fourth-order valence-corrected chi connectivity index (χ4v) is 8.28. The van der Waals surface area contributed by atoms with E-state index in [0.717, 1.165) is 69.7 Å². The number of benzene rings is 7. The van der Waals surface area contributed by atoms with Gasteiger partial charge in [0.1, 0.15) is 0 Å². The highest BCUT2D eigenvalue weighted by molar-refractivity contribution is 5.80. The van der Waals surface area contributed by atoms with Crippen molar-refractivity contribution < 1.29 is 0 Å². The van der Waals surface area contributed by atoms with Gasteiger partial charge in [0.2, 0.25) is 0 Å². The molecule has 7 aromatic carbocycles. The van der Waals surface area contributed by atoms with E-state index in [9.17, 15) is 0 Å². The molecule has 0 amide bonds. The lowest BCUT2D eigenvalue weighted by molar-refractivity contribution is 0.604. The van der Waals surface area contributed by atoms with Crippen molar-refractivity contribution in [2.75, 3.05) is 19.6 Å². The quantitative estimate of drug-likeness (QED) is 0.123. The molecule has 0 saturated heterocycles. The van der Waals surface area contributed by atoms with Crippen LogP contribution in [0.5, 0.6) is 0 Å². The van der Waals surface area contributed by atoms with Gasteiger partial charge in [-0.05, 0) is 134 Å². The number of rotatable bonds is 12. The Labute approximate surface area is 349 Å². The Kier molecular flexibility index (Phi) is 11.0. The van der Waals surface area contributed by atoms with Crippen LogP contribution in [0.25, 0.3) is 0 Å². The molecule has 7 aromatic rings. The molecule has 0 aliphatic heterocycles. The molecule has 59 heavy (non-hydrogen) atoms. The summed E-state index contributed by atoms with van der Waals surface area (Å²) in [5, 5.41) is 0. The van der Waals surface area contributed by atoms with Gasteiger partial charge in [0.05, 0.1) is 6.04 Å². The van der Waals surface area contributed by atoms with Gasteiger partial charge in [-0.15, -0.1) is 0 Å².